The van der Waals surface area contributed by atoms with Gasteiger partial charge in [0.25, 0.3) is 0 Å². The van der Waals surface area contributed by atoms with Crippen LogP contribution in [0.5, 0.6) is 0 Å². The van der Waals surface area contributed by atoms with Gasteiger partial charge in [-0.1, -0.05) is 0 Å². The second kappa shape index (κ2) is 6.16. The van der Waals surface area contributed by atoms with Crippen LogP contribution in [0.2, 0.25) is 0 Å². The number of benzene rings is 1. The van der Waals surface area contributed by atoms with E-state index in [1.807, 2.05) is 13.0 Å². The smallest absolute Gasteiger partial charge is 0.125 e. The van der Waals surface area contributed by atoms with Crippen LogP contribution in [0.3, 0.4) is 0 Å². The maximum absolute atomic E-state index is 13.2. The Bertz CT molecular complexity index is 369. The highest BCUT2D eigenvalue weighted by atomic mass is 19.1. The van der Waals surface area contributed by atoms with E-state index < -0.39 is 0 Å². The molecule has 1 heterocycles. The lowest BCUT2D eigenvalue weighted by Gasteiger charge is -2.31. The van der Waals surface area contributed by atoms with Gasteiger partial charge >= 0.3 is 0 Å². The second-order valence-electron chi connectivity index (χ2n) is 4.82. The predicted octanol–water partition coefficient (Wildman–Crippen LogP) is 2.41. The molecule has 0 saturated carbocycles. The van der Waals surface area contributed by atoms with Crippen LogP contribution in [0.15, 0.2) is 18.2 Å². The average molecular weight is 252 g/mol. The van der Waals surface area contributed by atoms with E-state index in [1.165, 1.54) is 6.07 Å². The lowest BCUT2D eigenvalue weighted by molar-refractivity contribution is 0.0125. The number of nitrogen functional groups attached to an aromatic ring is 1. The van der Waals surface area contributed by atoms with Crippen LogP contribution < -0.4 is 5.73 Å². The highest BCUT2D eigenvalue weighted by molar-refractivity contribution is 5.41. The fraction of sp³-hybridized carbons (Fsp3) is 0.571. The molecule has 0 unspecified atom stereocenters. The number of piperidine rings is 1. The van der Waals surface area contributed by atoms with E-state index >= 15 is 0 Å². The lowest BCUT2D eigenvalue weighted by atomic mass is 10.1. The normalized spacial score (nSPS) is 18.1. The minimum absolute atomic E-state index is 0.255. The van der Waals surface area contributed by atoms with E-state index in [1.54, 1.807) is 6.07 Å². The molecule has 0 aliphatic carbocycles. The summed E-state index contributed by atoms with van der Waals surface area (Å²) in [6.07, 6.45) is 2.50. The number of nitrogens with zero attached hydrogens (tertiary/aromatic N) is 1. The standard InChI is InChI=1S/C14H21FN2O/c1-2-18-14-3-5-17(6-4-14)10-11-7-12(15)9-13(16)8-11/h7-9,14H,2-6,10,16H2,1H3. The van der Waals surface area contributed by atoms with E-state index in [2.05, 4.69) is 4.90 Å². The molecule has 1 aliphatic rings. The summed E-state index contributed by atoms with van der Waals surface area (Å²) in [6, 6.07) is 4.76. The van der Waals surface area contributed by atoms with E-state index in [4.69, 9.17) is 10.5 Å². The van der Waals surface area contributed by atoms with Crippen LogP contribution in [0.25, 0.3) is 0 Å². The molecule has 0 bridgehead atoms. The van der Waals surface area contributed by atoms with Gasteiger partial charge in [0, 0.05) is 31.9 Å². The zero-order valence-electron chi connectivity index (χ0n) is 10.9. The van der Waals surface area contributed by atoms with Gasteiger partial charge in [-0.05, 0) is 43.5 Å². The van der Waals surface area contributed by atoms with Crippen LogP contribution in [0.4, 0.5) is 10.1 Å². The molecular weight excluding hydrogens is 231 g/mol. The first-order valence-electron chi connectivity index (χ1n) is 6.56. The number of anilines is 1. The summed E-state index contributed by atoms with van der Waals surface area (Å²) in [4.78, 5) is 2.32. The molecule has 1 saturated heterocycles. The first-order chi connectivity index (χ1) is 8.67. The Morgan fingerprint density at radius 1 is 1.33 bits per heavy atom. The fourth-order valence-electron chi connectivity index (χ4n) is 2.49. The van der Waals surface area contributed by atoms with E-state index in [-0.39, 0.29) is 5.82 Å². The summed E-state index contributed by atoms with van der Waals surface area (Å²) in [5.74, 6) is -0.255. The molecule has 100 valence electrons. The molecule has 2 N–H and O–H groups in total. The number of hydrogen-bond acceptors (Lipinski definition) is 3. The van der Waals surface area contributed by atoms with Crippen molar-refractivity contribution in [1.29, 1.82) is 0 Å². The molecule has 0 spiro atoms. The van der Waals surface area contributed by atoms with Crippen LogP contribution in [0, 0.1) is 5.82 Å². The quantitative estimate of drug-likeness (QED) is 0.836. The van der Waals surface area contributed by atoms with Crippen LogP contribution in [0.1, 0.15) is 25.3 Å². The van der Waals surface area contributed by atoms with Crippen molar-refractivity contribution in [3.8, 4) is 0 Å². The highest BCUT2D eigenvalue weighted by Crippen LogP contribution is 2.18. The van der Waals surface area contributed by atoms with Gasteiger partial charge in [-0.25, -0.2) is 4.39 Å². The molecule has 1 aliphatic heterocycles. The van der Waals surface area contributed by atoms with Crippen LogP contribution >= 0.6 is 0 Å². The summed E-state index contributed by atoms with van der Waals surface area (Å²) < 4.78 is 18.8. The molecule has 0 amide bonds. The van der Waals surface area contributed by atoms with Crippen molar-refractivity contribution in [2.45, 2.75) is 32.4 Å². The topological polar surface area (TPSA) is 38.5 Å². The monoisotopic (exact) mass is 252 g/mol. The van der Waals surface area contributed by atoms with Crippen molar-refractivity contribution >= 4 is 5.69 Å². The molecule has 0 radical (unpaired) electrons. The van der Waals surface area contributed by atoms with E-state index in [0.717, 1.165) is 44.6 Å². The Hall–Kier alpha value is -1.13. The van der Waals surface area contributed by atoms with Gasteiger partial charge in [0.05, 0.1) is 6.10 Å². The van der Waals surface area contributed by atoms with Crippen molar-refractivity contribution in [1.82, 2.24) is 4.90 Å². The summed E-state index contributed by atoms with van der Waals surface area (Å²) >= 11 is 0. The van der Waals surface area contributed by atoms with Gasteiger partial charge in [-0.2, -0.15) is 0 Å². The van der Waals surface area contributed by atoms with Gasteiger partial charge in [0.1, 0.15) is 5.82 Å². The van der Waals surface area contributed by atoms with Gasteiger partial charge in [0.15, 0.2) is 0 Å². The van der Waals surface area contributed by atoms with Gasteiger partial charge in [0.2, 0.25) is 0 Å². The van der Waals surface area contributed by atoms with Crippen molar-refractivity contribution in [2.24, 2.45) is 0 Å². The Balaban J connectivity index is 1.87. The molecule has 18 heavy (non-hydrogen) atoms. The molecular formula is C14H21FN2O. The maximum atomic E-state index is 13.2. The number of rotatable bonds is 4. The SMILES string of the molecule is CCOC1CCN(Cc2cc(N)cc(F)c2)CC1. The third kappa shape index (κ3) is 3.68. The molecule has 1 aromatic rings. The third-order valence-corrected chi connectivity index (χ3v) is 3.32. The second-order valence-corrected chi connectivity index (χ2v) is 4.82. The first kappa shape index (κ1) is 13.3. The lowest BCUT2D eigenvalue weighted by Crippen LogP contribution is -2.36. The molecule has 0 aromatic heterocycles. The summed E-state index contributed by atoms with van der Waals surface area (Å²) in [6.45, 7) is 5.58. The number of likely N-dealkylation sites (tertiary alicyclic amines) is 1. The van der Waals surface area contributed by atoms with Crippen molar-refractivity contribution in [3.63, 3.8) is 0 Å². The van der Waals surface area contributed by atoms with Crippen molar-refractivity contribution in [3.05, 3.63) is 29.6 Å². The Labute approximate surface area is 108 Å². The fourth-order valence-corrected chi connectivity index (χ4v) is 2.49. The minimum atomic E-state index is -0.255. The highest BCUT2D eigenvalue weighted by Gasteiger charge is 2.19. The van der Waals surface area contributed by atoms with Crippen molar-refractivity contribution in [2.75, 3.05) is 25.4 Å². The molecule has 0 atom stereocenters. The molecule has 1 fully saturated rings. The molecule has 4 heteroatoms. The Morgan fingerprint density at radius 3 is 2.67 bits per heavy atom. The Morgan fingerprint density at radius 2 is 2.06 bits per heavy atom. The van der Waals surface area contributed by atoms with E-state index in [9.17, 15) is 4.39 Å². The number of halogens is 1. The molecule has 1 aromatic carbocycles. The maximum Gasteiger partial charge on any atom is 0.125 e. The number of hydrogen-bond donors (Lipinski definition) is 1. The largest absolute Gasteiger partial charge is 0.399 e. The van der Waals surface area contributed by atoms with Crippen LogP contribution in [-0.2, 0) is 11.3 Å². The summed E-state index contributed by atoms with van der Waals surface area (Å²) in [5.41, 5.74) is 7.09. The van der Waals surface area contributed by atoms with Gasteiger partial charge < -0.3 is 10.5 Å². The number of nitrogens with two attached hydrogens (primary N) is 1. The van der Waals surface area contributed by atoms with Crippen LogP contribution in [-0.4, -0.2) is 30.7 Å². The van der Waals surface area contributed by atoms with E-state index in [0.29, 0.717) is 11.8 Å². The predicted molar refractivity (Wildman–Crippen MR) is 70.7 cm³/mol. The molecule has 2 rings (SSSR count). The average Bonchev–Trinajstić information content (AvgIpc) is 2.31. The zero-order chi connectivity index (χ0) is 13.0. The van der Waals surface area contributed by atoms with Gasteiger partial charge in [-0.3, -0.25) is 4.90 Å². The zero-order valence-corrected chi connectivity index (χ0v) is 10.9. The summed E-state index contributed by atoms with van der Waals surface area (Å²) in [5, 5.41) is 0. The Kier molecular flexibility index (Phi) is 4.55. The minimum Gasteiger partial charge on any atom is -0.399 e. The van der Waals surface area contributed by atoms with Gasteiger partial charge in [-0.15, -0.1) is 0 Å². The summed E-state index contributed by atoms with van der Waals surface area (Å²) in [7, 11) is 0. The molecule has 3 nitrogen and oxygen atoms in total. The third-order valence-electron chi connectivity index (χ3n) is 3.32. The number of ether oxygens (including phenoxy) is 1. The first-order valence-corrected chi connectivity index (χ1v) is 6.56. The van der Waals surface area contributed by atoms with Crippen molar-refractivity contribution < 1.29 is 9.13 Å².